The maximum absolute atomic E-state index is 3.74. The van der Waals surface area contributed by atoms with Crippen molar-refractivity contribution in [1.82, 2.24) is 0 Å². The summed E-state index contributed by atoms with van der Waals surface area (Å²) < 4.78 is 3.82. The molecule has 142 valence electrons. The van der Waals surface area contributed by atoms with Crippen molar-refractivity contribution in [2.45, 2.75) is 0 Å². The highest BCUT2D eigenvalue weighted by atomic mass is 79.9. The van der Waals surface area contributed by atoms with Crippen LogP contribution in [0, 0.1) is 0 Å². The number of hydrogen-bond donors (Lipinski definition) is 0. The predicted molar refractivity (Wildman–Crippen MR) is 135 cm³/mol. The molecular formula is C28H17BrS. The highest BCUT2D eigenvalue weighted by molar-refractivity contribution is 9.10. The summed E-state index contributed by atoms with van der Waals surface area (Å²) >= 11 is 5.65. The monoisotopic (exact) mass is 464 g/mol. The molecule has 0 aliphatic carbocycles. The smallest absolute Gasteiger partial charge is 0.0434 e. The third kappa shape index (κ3) is 2.87. The normalized spacial score (nSPS) is 11.5. The standard InChI is InChI=1S/C28H17BrS/c29-22-16-20(18-7-2-1-3-8-18)15-21(17-22)24-11-6-12-25-26-14-13-19-9-4-5-10-23(19)27(26)30-28(24)25/h1-17H. The first-order chi connectivity index (χ1) is 14.8. The molecule has 0 saturated carbocycles. The van der Waals surface area contributed by atoms with E-state index < -0.39 is 0 Å². The second-order valence-corrected chi connectivity index (χ2v) is 9.48. The number of rotatable bonds is 2. The van der Waals surface area contributed by atoms with Gasteiger partial charge in [0.05, 0.1) is 0 Å². The van der Waals surface area contributed by atoms with Crippen LogP contribution >= 0.6 is 27.3 Å². The van der Waals surface area contributed by atoms with E-state index in [1.54, 1.807) is 0 Å². The van der Waals surface area contributed by atoms with Crippen LogP contribution in [0.3, 0.4) is 0 Å². The van der Waals surface area contributed by atoms with Crippen LogP contribution in [0.2, 0.25) is 0 Å². The Morgan fingerprint density at radius 2 is 1.23 bits per heavy atom. The summed E-state index contributed by atoms with van der Waals surface area (Å²) in [6, 6.07) is 37.2. The summed E-state index contributed by atoms with van der Waals surface area (Å²) in [4.78, 5) is 0. The van der Waals surface area contributed by atoms with Gasteiger partial charge in [0.25, 0.3) is 0 Å². The molecule has 1 aromatic heterocycles. The fraction of sp³-hybridized carbons (Fsp3) is 0. The zero-order valence-corrected chi connectivity index (χ0v) is 18.5. The predicted octanol–water partition coefficient (Wildman–Crippen LogP) is 9.30. The largest absolute Gasteiger partial charge is 0.134 e. The Balaban J connectivity index is 1.64. The molecule has 6 rings (SSSR count). The summed E-state index contributed by atoms with van der Waals surface area (Å²) in [6.07, 6.45) is 0. The van der Waals surface area contributed by atoms with E-state index in [4.69, 9.17) is 0 Å². The molecule has 1 heterocycles. The lowest BCUT2D eigenvalue weighted by molar-refractivity contribution is 1.58. The lowest BCUT2D eigenvalue weighted by Crippen LogP contribution is -1.83. The zero-order chi connectivity index (χ0) is 20.1. The van der Waals surface area contributed by atoms with Crippen molar-refractivity contribution in [3.05, 3.63) is 108 Å². The number of hydrogen-bond acceptors (Lipinski definition) is 1. The Morgan fingerprint density at radius 3 is 2.13 bits per heavy atom. The van der Waals surface area contributed by atoms with E-state index in [1.807, 2.05) is 11.3 Å². The van der Waals surface area contributed by atoms with Crippen LogP contribution in [0.15, 0.2) is 108 Å². The minimum Gasteiger partial charge on any atom is -0.134 e. The molecule has 0 spiro atoms. The SMILES string of the molecule is Brc1cc(-c2ccccc2)cc(-c2cccc3c2sc2c4ccccc4ccc32)c1. The molecule has 0 nitrogen and oxygen atoms in total. The first kappa shape index (κ1) is 17.9. The van der Waals surface area contributed by atoms with Gasteiger partial charge >= 0.3 is 0 Å². The van der Waals surface area contributed by atoms with E-state index >= 15 is 0 Å². The van der Waals surface area contributed by atoms with Crippen molar-refractivity contribution in [2.24, 2.45) is 0 Å². The van der Waals surface area contributed by atoms with Crippen LogP contribution < -0.4 is 0 Å². The summed E-state index contributed by atoms with van der Waals surface area (Å²) in [5.41, 5.74) is 4.99. The molecule has 0 fully saturated rings. The summed E-state index contributed by atoms with van der Waals surface area (Å²) in [5, 5.41) is 5.31. The zero-order valence-electron chi connectivity index (χ0n) is 16.1. The Morgan fingerprint density at radius 1 is 0.500 bits per heavy atom. The van der Waals surface area contributed by atoms with E-state index in [1.165, 1.54) is 53.2 Å². The van der Waals surface area contributed by atoms with Crippen LogP contribution in [-0.2, 0) is 0 Å². The molecule has 2 heteroatoms. The molecule has 0 atom stereocenters. The molecule has 6 aromatic rings. The third-order valence-corrected chi connectivity index (χ3v) is 7.45. The van der Waals surface area contributed by atoms with Gasteiger partial charge in [0.1, 0.15) is 0 Å². The van der Waals surface area contributed by atoms with E-state index in [9.17, 15) is 0 Å². The molecule has 0 radical (unpaired) electrons. The molecule has 0 saturated heterocycles. The second kappa shape index (κ2) is 7.09. The lowest BCUT2D eigenvalue weighted by atomic mass is 9.97. The van der Waals surface area contributed by atoms with Gasteiger partial charge in [-0.1, -0.05) is 101 Å². The molecule has 0 amide bonds. The van der Waals surface area contributed by atoms with Crippen LogP contribution in [0.4, 0.5) is 0 Å². The van der Waals surface area contributed by atoms with Gasteiger partial charge in [-0.05, 0) is 51.2 Å². The van der Waals surface area contributed by atoms with Gasteiger partial charge < -0.3 is 0 Å². The average Bonchev–Trinajstić information content (AvgIpc) is 3.18. The van der Waals surface area contributed by atoms with Gasteiger partial charge in [-0.2, -0.15) is 0 Å². The van der Waals surface area contributed by atoms with Crippen molar-refractivity contribution in [3.8, 4) is 22.3 Å². The minimum absolute atomic E-state index is 1.10. The Kier molecular flexibility index (Phi) is 4.22. The van der Waals surface area contributed by atoms with Crippen LogP contribution in [0.5, 0.6) is 0 Å². The van der Waals surface area contributed by atoms with Crippen LogP contribution in [0.25, 0.3) is 53.2 Å². The topological polar surface area (TPSA) is 0 Å². The van der Waals surface area contributed by atoms with Crippen molar-refractivity contribution < 1.29 is 0 Å². The Bertz CT molecular complexity index is 1540. The Labute approximate surface area is 187 Å². The molecule has 30 heavy (non-hydrogen) atoms. The van der Waals surface area contributed by atoms with E-state index in [0.717, 1.165) is 4.47 Å². The molecule has 0 bridgehead atoms. The van der Waals surface area contributed by atoms with E-state index in [0.29, 0.717) is 0 Å². The highest BCUT2D eigenvalue weighted by Gasteiger charge is 2.13. The number of fused-ring (bicyclic) bond motifs is 5. The van der Waals surface area contributed by atoms with Gasteiger partial charge in [0.2, 0.25) is 0 Å². The quantitative estimate of drug-likeness (QED) is 0.239. The van der Waals surface area contributed by atoms with Gasteiger partial charge in [0, 0.05) is 24.6 Å². The maximum atomic E-state index is 3.74. The third-order valence-electron chi connectivity index (χ3n) is 5.70. The maximum Gasteiger partial charge on any atom is 0.0434 e. The molecular weight excluding hydrogens is 448 g/mol. The van der Waals surface area contributed by atoms with Crippen molar-refractivity contribution >= 4 is 58.2 Å². The number of thiophene rings is 1. The molecule has 0 aliphatic heterocycles. The molecule has 5 aromatic carbocycles. The highest BCUT2D eigenvalue weighted by Crippen LogP contribution is 2.43. The Hall–Kier alpha value is -2.94. The van der Waals surface area contributed by atoms with Crippen molar-refractivity contribution in [1.29, 1.82) is 0 Å². The van der Waals surface area contributed by atoms with E-state index in [-0.39, 0.29) is 0 Å². The fourth-order valence-corrected chi connectivity index (χ4v) is 6.16. The van der Waals surface area contributed by atoms with Crippen LogP contribution in [-0.4, -0.2) is 0 Å². The number of benzene rings is 5. The lowest BCUT2D eigenvalue weighted by Gasteiger charge is -2.09. The average molecular weight is 465 g/mol. The van der Waals surface area contributed by atoms with Crippen molar-refractivity contribution in [2.75, 3.05) is 0 Å². The van der Waals surface area contributed by atoms with E-state index in [2.05, 4.69) is 119 Å². The van der Waals surface area contributed by atoms with Gasteiger partial charge in [-0.3, -0.25) is 0 Å². The summed E-state index contributed by atoms with van der Waals surface area (Å²) in [6.45, 7) is 0. The first-order valence-corrected chi connectivity index (χ1v) is 11.6. The van der Waals surface area contributed by atoms with Crippen LogP contribution in [0.1, 0.15) is 0 Å². The fourth-order valence-electron chi connectivity index (χ4n) is 4.30. The van der Waals surface area contributed by atoms with Gasteiger partial charge in [0.15, 0.2) is 0 Å². The minimum atomic E-state index is 1.10. The number of halogens is 1. The summed E-state index contributed by atoms with van der Waals surface area (Å²) in [7, 11) is 0. The van der Waals surface area contributed by atoms with Gasteiger partial charge in [-0.25, -0.2) is 0 Å². The molecule has 0 N–H and O–H groups in total. The van der Waals surface area contributed by atoms with Crippen molar-refractivity contribution in [3.63, 3.8) is 0 Å². The molecule has 0 aliphatic rings. The summed E-state index contributed by atoms with van der Waals surface area (Å²) in [5.74, 6) is 0. The second-order valence-electron chi connectivity index (χ2n) is 7.54. The first-order valence-electron chi connectivity index (χ1n) is 9.97. The van der Waals surface area contributed by atoms with Gasteiger partial charge in [-0.15, -0.1) is 11.3 Å². The molecule has 0 unspecified atom stereocenters.